The molecule has 98 valence electrons. The van der Waals surface area contributed by atoms with Crippen molar-refractivity contribution in [2.45, 2.75) is 51.5 Å². The number of ether oxygens (including phenoxy) is 2. The highest BCUT2D eigenvalue weighted by Gasteiger charge is 2.07. The summed E-state index contributed by atoms with van der Waals surface area (Å²) in [5, 5.41) is 0. The van der Waals surface area contributed by atoms with Crippen LogP contribution in [0.1, 0.15) is 39.5 Å². The molecule has 0 unspecified atom stereocenters. The van der Waals surface area contributed by atoms with Crippen molar-refractivity contribution in [1.82, 2.24) is 0 Å². The molecule has 4 nitrogen and oxygen atoms in total. The maximum atomic E-state index is 9.82. The van der Waals surface area contributed by atoms with Crippen LogP contribution in [-0.2, 0) is 14.3 Å². The lowest BCUT2D eigenvalue weighted by atomic mass is 10.2. The quantitative estimate of drug-likeness (QED) is 0.177. The highest BCUT2D eigenvalue weighted by molar-refractivity contribution is 6.36. The third-order valence-corrected chi connectivity index (χ3v) is 3.52. The van der Waals surface area contributed by atoms with Crippen LogP contribution in [0, 0.1) is 0 Å². The molecule has 0 atom stereocenters. The van der Waals surface area contributed by atoms with Gasteiger partial charge in [-0.05, 0) is 20.3 Å². The van der Waals surface area contributed by atoms with Gasteiger partial charge in [-0.15, -0.1) is 0 Å². The largest absolute Gasteiger partial charge is 0.357 e. The van der Waals surface area contributed by atoms with Crippen LogP contribution in [0.2, 0.25) is 6.04 Å². The second-order valence-corrected chi connectivity index (χ2v) is 4.96. The summed E-state index contributed by atoms with van der Waals surface area (Å²) in [7, 11) is 0.719. The first kappa shape index (κ1) is 16.5. The Hall–Kier alpha value is -0.483. The summed E-state index contributed by atoms with van der Waals surface area (Å²) in [5.74, 6) is -0.00957. The number of rotatable bonds is 12. The van der Waals surface area contributed by atoms with E-state index in [2.05, 4.69) is 4.99 Å². The Bertz CT molecular complexity index is 202. The van der Waals surface area contributed by atoms with Crippen LogP contribution in [0.25, 0.3) is 0 Å². The maximum absolute atomic E-state index is 9.82. The molecule has 0 aromatic rings. The van der Waals surface area contributed by atoms with Crippen molar-refractivity contribution >= 4 is 15.6 Å². The van der Waals surface area contributed by atoms with E-state index in [4.69, 9.17) is 9.47 Å². The number of unbranched alkanes of at least 4 members (excludes halogenated alkanes) is 3. The van der Waals surface area contributed by atoms with Crippen LogP contribution < -0.4 is 0 Å². The molecule has 0 N–H and O–H groups in total. The molecule has 5 heteroatoms. The molecule has 2 radical (unpaired) electrons. The normalized spacial score (nSPS) is 10.5. The topological polar surface area (TPSA) is 47.9 Å². The molecule has 0 saturated carbocycles. The lowest BCUT2D eigenvalue weighted by Gasteiger charge is -2.15. The second kappa shape index (κ2) is 13.6. The van der Waals surface area contributed by atoms with Crippen molar-refractivity contribution in [3.8, 4) is 0 Å². The van der Waals surface area contributed by atoms with E-state index >= 15 is 0 Å². The van der Waals surface area contributed by atoms with E-state index in [0.29, 0.717) is 19.8 Å². The number of hydrogen-bond donors (Lipinski definition) is 0. The first-order valence-corrected chi connectivity index (χ1v) is 7.63. The summed E-state index contributed by atoms with van der Waals surface area (Å²) in [6.45, 7) is 6.02. The minimum absolute atomic E-state index is 0.00957. The fraction of sp³-hybridized carbons (Fsp3) is 0.917. The average Bonchev–Trinajstić information content (AvgIpc) is 2.33. The summed E-state index contributed by atoms with van der Waals surface area (Å²) >= 11 is 0. The lowest BCUT2D eigenvalue weighted by molar-refractivity contribution is -0.0827. The predicted molar refractivity (Wildman–Crippen MR) is 69.1 cm³/mol. The fourth-order valence-corrected chi connectivity index (χ4v) is 2.66. The molecule has 0 aliphatic carbocycles. The standard InChI is InChI=1S/C12H23NO3Si/c1-3-15-12(16-4-2)17-10-8-6-5-7-9-13-11-14/h12H,3-10H2,1-2H3. The zero-order valence-corrected chi connectivity index (χ0v) is 11.9. The summed E-state index contributed by atoms with van der Waals surface area (Å²) in [6.07, 6.45) is 6.05. The molecule has 0 aromatic heterocycles. The monoisotopic (exact) mass is 257 g/mol. The third kappa shape index (κ3) is 11.8. The van der Waals surface area contributed by atoms with E-state index in [1.54, 1.807) is 6.08 Å². The van der Waals surface area contributed by atoms with Gasteiger partial charge in [-0.1, -0.05) is 25.3 Å². The van der Waals surface area contributed by atoms with Crippen molar-refractivity contribution < 1.29 is 14.3 Å². The van der Waals surface area contributed by atoms with E-state index in [9.17, 15) is 4.79 Å². The Morgan fingerprint density at radius 2 is 1.76 bits per heavy atom. The van der Waals surface area contributed by atoms with Gasteiger partial charge in [0.15, 0.2) is 0 Å². The van der Waals surface area contributed by atoms with Crippen LogP contribution >= 0.6 is 0 Å². The van der Waals surface area contributed by atoms with Crippen molar-refractivity contribution in [1.29, 1.82) is 0 Å². The summed E-state index contributed by atoms with van der Waals surface area (Å²) in [6, 6.07) is 1.15. The van der Waals surface area contributed by atoms with Gasteiger partial charge in [0.25, 0.3) is 0 Å². The van der Waals surface area contributed by atoms with E-state index < -0.39 is 0 Å². The highest BCUT2D eigenvalue weighted by atomic mass is 28.2. The molecule has 0 heterocycles. The van der Waals surface area contributed by atoms with Gasteiger partial charge in [-0.3, -0.25) is 0 Å². The molecule has 0 spiro atoms. The number of nitrogens with zero attached hydrogens (tertiary/aromatic N) is 1. The van der Waals surface area contributed by atoms with E-state index in [1.165, 1.54) is 12.8 Å². The van der Waals surface area contributed by atoms with Crippen LogP contribution in [0.4, 0.5) is 0 Å². The van der Waals surface area contributed by atoms with Gasteiger partial charge in [-0.25, -0.2) is 9.79 Å². The Kier molecular flexibility index (Phi) is 13.2. The minimum Gasteiger partial charge on any atom is -0.357 e. The molecular weight excluding hydrogens is 234 g/mol. The third-order valence-electron chi connectivity index (χ3n) is 2.21. The first-order valence-electron chi connectivity index (χ1n) is 6.35. The van der Waals surface area contributed by atoms with Crippen LogP contribution in [0.15, 0.2) is 4.99 Å². The number of hydrogen-bond acceptors (Lipinski definition) is 4. The molecule has 0 fully saturated rings. The van der Waals surface area contributed by atoms with Crippen LogP contribution in [0.3, 0.4) is 0 Å². The predicted octanol–water partition coefficient (Wildman–Crippen LogP) is 2.36. The van der Waals surface area contributed by atoms with E-state index in [0.717, 1.165) is 28.4 Å². The van der Waals surface area contributed by atoms with Gasteiger partial charge in [0.2, 0.25) is 6.08 Å². The van der Waals surface area contributed by atoms with Crippen molar-refractivity contribution in [3.63, 3.8) is 0 Å². The Labute approximate surface area is 107 Å². The highest BCUT2D eigenvalue weighted by Crippen LogP contribution is 2.05. The van der Waals surface area contributed by atoms with Gasteiger partial charge in [-0.2, -0.15) is 0 Å². The minimum atomic E-state index is -0.00957. The Morgan fingerprint density at radius 1 is 1.12 bits per heavy atom. The van der Waals surface area contributed by atoms with E-state index in [1.807, 2.05) is 13.8 Å². The summed E-state index contributed by atoms with van der Waals surface area (Å²) in [5.41, 5.74) is 0. The average molecular weight is 257 g/mol. The van der Waals surface area contributed by atoms with Gasteiger partial charge >= 0.3 is 0 Å². The molecule has 0 aliphatic rings. The van der Waals surface area contributed by atoms with Crippen molar-refractivity contribution in [3.05, 3.63) is 0 Å². The molecule has 0 saturated heterocycles. The van der Waals surface area contributed by atoms with Crippen molar-refractivity contribution in [2.75, 3.05) is 19.8 Å². The summed E-state index contributed by atoms with van der Waals surface area (Å²) < 4.78 is 10.9. The van der Waals surface area contributed by atoms with E-state index in [-0.39, 0.29) is 5.91 Å². The Balaban J connectivity index is 3.31. The molecule has 0 bridgehead atoms. The molecule has 0 rings (SSSR count). The zero-order valence-electron chi connectivity index (χ0n) is 10.9. The molecule has 0 aliphatic heterocycles. The van der Waals surface area contributed by atoms with Crippen molar-refractivity contribution in [2.24, 2.45) is 4.99 Å². The number of aliphatic imine (C=N–C) groups is 1. The van der Waals surface area contributed by atoms with Gasteiger partial charge in [0.05, 0.1) is 6.54 Å². The summed E-state index contributed by atoms with van der Waals surface area (Å²) in [4.78, 5) is 13.3. The van der Waals surface area contributed by atoms with Crippen LogP contribution in [-0.4, -0.2) is 41.3 Å². The molecule has 0 amide bonds. The van der Waals surface area contributed by atoms with Gasteiger partial charge < -0.3 is 9.47 Å². The maximum Gasteiger partial charge on any atom is 0.234 e. The second-order valence-electron chi connectivity index (χ2n) is 3.58. The van der Waals surface area contributed by atoms with Gasteiger partial charge in [0.1, 0.15) is 15.4 Å². The SMILES string of the molecule is CCOC(OCC)[Si]CCCCCCN=C=O. The first-order chi connectivity index (χ1) is 8.35. The number of isocyanates is 1. The molecular formula is C12H23NO3Si. The smallest absolute Gasteiger partial charge is 0.234 e. The zero-order chi connectivity index (χ0) is 12.8. The fourth-order valence-electron chi connectivity index (χ4n) is 1.40. The molecule has 17 heavy (non-hydrogen) atoms. The number of carbonyl (C=O) groups excluding carboxylic acids is 1. The van der Waals surface area contributed by atoms with Crippen LogP contribution in [0.5, 0.6) is 0 Å². The molecule has 0 aromatic carbocycles. The Morgan fingerprint density at radius 3 is 2.35 bits per heavy atom. The van der Waals surface area contributed by atoms with Gasteiger partial charge in [0, 0.05) is 13.2 Å². The lowest BCUT2D eigenvalue weighted by Crippen LogP contribution is -2.24.